The average Bonchev–Trinajstić information content (AvgIpc) is 3.12. The molecule has 8 unspecified atom stereocenters. The zero-order valence-corrected chi connectivity index (χ0v) is 17.2. The van der Waals surface area contributed by atoms with Crippen LogP contribution < -0.4 is 10.6 Å². The van der Waals surface area contributed by atoms with Crippen LogP contribution in [0.5, 0.6) is 0 Å². The van der Waals surface area contributed by atoms with Crippen LogP contribution in [-0.4, -0.2) is 82.4 Å². The number of carbonyl (C=O) groups excluding carboxylic acids is 1. The van der Waals surface area contributed by atoms with Crippen molar-refractivity contribution in [1.29, 1.82) is 0 Å². The molecule has 2 heterocycles. The van der Waals surface area contributed by atoms with Gasteiger partial charge in [0, 0.05) is 6.42 Å². The Kier molecular flexibility index (Phi) is 8.90. The van der Waals surface area contributed by atoms with Gasteiger partial charge in [-0.1, -0.05) is 13.8 Å². The molecule has 2 aliphatic rings. The Morgan fingerprint density at radius 3 is 2.50 bits per heavy atom. The molecule has 10 heteroatoms. The number of aliphatic hydroxyl groups excluding tert-OH is 3. The average molecular weight is 427 g/mol. The van der Waals surface area contributed by atoms with Crippen LogP contribution in [0.2, 0.25) is 0 Å². The van der Waals surface area contributed by atoms with Crippen LogP contribution in [-0.2, 0) is 9.53 Å². The molecule has 2 aliphatic heterocycles. The van der Waals surface area contributed by atoms with Crippen LogP contribution in [0.25, 0.3) is 0 Å². The van der Waals surface area contributed by atoms with Crippen molar-refractivity contribution in [2.24, 2.45) is 11.8 Å². The second-order valence-electron chi connectivity index (χ2n) is 7.99. The van der Waals surface area contributed by atoms with Crippen LogP contribution in [0.3, 0.4) is 0 Å². The minimum atomic E-state index is -2.34. The van der Waals surface area contributed by atoms with E-state index in [1.807, 2.05) is 13.8 Å². The Hall–Kier alpha value is -0.520. The van der Waals surface area contributed by atoms with Gasteiger partial charge in [0.2, 0.25) is 12.3 Å². The normalized spacial score (nSPS) is 37.4. The SMILES string of the molecule is CSC1OC(C(NC(=O)C2CC(CCC(F)F)CN2)C(C)C)C(O)C(O)C1O. The second kappa shape index (κ2) is 10.5. The third kappa shape index (κ3) is 5.76. The van der Waals surface area contributed by atoms with Gasteiger partial charge in [-0.3, -0.25) is 4.79 Å². The minimum absolute atomic E-state index is 0.0246. The molecule has 28 heavy (non-hydrogen) atoms. The fraction of sp³-hybridized carbons (Fsp3) is 0.944. The van der Waals surface area contributed by atoms with Crippen LogP contribution in [0, 0.1) is 11.8 Å². The molecule has 2 fully saturated rings. The number of ether oxygens (including phenoxy) is 1. The summed E-state index contributed by atoms with van der Waals surface area (Å²) in [5, 5.41) is 36.5. The number of alkyl halides is 2. The smallest absolute Gasteiger partial charge is 0.238 e. The standard InChI is InChI=1S/C18H32F2N2O5S/c1-8(2)12(16-14(24)13(23)15(25)18(27-16)28-3)22-17(26)10-6-9(7-21-10)4-5-11(19)20/h8-16,18,21,23-25H,4-7H2,1-3H3,(H,22,26). The summed E-state index contributed by atoms with van der Waals surface area (Å²) in [6.07, 6.45) is -4.77. The summed E-state index contributed by atoms with van der Waals surface area (Å²) in [4.78, 5) is 12.7. The summed E-state index contributed by atoms with van der Waals surface area (Å²) in [6.45, 7) is 4.24. The molecule has 2 rings (SSSR count). The van der Waals surface area contributed by atoms with Crippen molar-refractivity contribution in [2.45, 2.75) is 81.5 Å². The van der Waals surface area contributed by atoms with Gasteiger partial charge < -0.3 is 30.7 Å². The van der Waals surface area contributed by atoms with Crippen molar-refractivity contribution in [3.05, 3.63) is 0 Å². The molecule has 2 saturated heterocycles. The Bertz CT molecular complexity index is 514. The number of nitrogens with one attached hydrogen (secondary N) is 2. The zero-order valence-electron chi connectivity index (χ0n) is 16.4. The van der Waals surface area contributed by atoms with Crippen molar-refractivity contribution in [2.75, 3.05) is 12.8 Å². The molecule has 0 saturated carbocycles. The first kappa shape index (κ1) is 23.8. The predicted molar refractivity (Wildman–Crippen MR) is 102 cm³/mol. The topological polar surface area (TPSA) is 111 Å². The fourth-order valence-electron chi connectivity index (χ4n) is 3.85. The molecule has 0 spiro atoms. The molecule has 7 nitrogen and oxygen atoms in total. The van der Waals surface area contributed by atoms with Crippen LogP contribution >= 0.6 is 11.8 Å². The van der Waals surface area contributed by atoms with Crippen LogP contribution in [0.15, 0.2) is 0 Å². The highest BCUT2D eigenvalue weighted by Crippen LogP contribution is 2.30. The van der Waals surface area contributed by atoms with E-state index in [4.69, 9.17) is 4.74 Å². The highest BCUT2D eigenvalue weighted by Gasteiger charge is 2.47. The Balaban J connectivity index is 1.99. The molecule has 1 amide bonds. The summed E-state index contributed by atoms with van der Waals surface area (Å²) in [5.74, 6) is -0.364. The lowest BCUT2D eigenvalue weighted by Crippen LogP contribution is -2.64. The molecule has 0 aliphatic carbocycles. The van der Waals surface area contributed by atoms with Crippen molar-refractivity contribution < 1.29 is 33.6 Å². The number of amides is 1. The van der Waals surface area contributed by atoms with E-state index in [1.165, 1.54) is 11.8 Å². The summed E-state index contributed by atoms with van der Waals surface area (Å²) < 4.78 is 30.6. The van der Waals surface area contributed by atoms with Crippen molar-refractivity contribution >= 4 is 17.7 Å². The number of rotatable bonds is 8. The second-order valence-corrected chi connectivity index (χ2v) is 8.92. The predicted octanol–water partition coefficient (Wildman–Crippen LogP) is 0.321. The lowest BCUT2D eigenvalue weighted by atomic mass is 9.88. The Morgan fingerprint density at radius 2 is 1.93 bits per heavy atom. The molecule has 0 aromatic heterocycles. The van der Waals surface area contributed by atoms with Gasteiger partial charge in [-0.05, 0) is 37.5 Å². The summed E-state index contributed by atoms with van der Waals surface area (Å²) in [5.41, 5.74) is -0.718. The molecule has 8 atom stereocenters. The van der Waals surface area contributed by atoms with Crippen LogP contribution in [0.1, 0.15) is 33.1 Å². The van der Waals surface area contributed by atoms with Gasteiger partial charge in [0.1, 0.15) is 29.9 Å². The molecule has 0 aromatic carbocycles. The van der Waals surface area contributed by atoms with E-state index in [-0.39, 0.29) is 24.2 Å². The van der Waals surface area contributed by atoms with Gasteiger partial charge in [0.05, 0.1) is 12.1 Å². The third-order valence-electron chi connectivity index (χ3n) is 5.55. The van der Waals surface area contributed by atoms with E-state index in [0.717, 1.165) is 0 Å². The summed E-state index contributed by atoms with van der Waals surface area (Å²) in [7, 11) is 0. The number of hydrogen-bond donors (Lipinski definition) is 5. The maximum absolute atomic E-state index is 12.7. The van der Waals surface area contributed by atoms with Crippen molar-refractivity contribution in [3.63, 3.8) is 0 Å². The first-order valence-electron chi connectivity index (χ1n) is 9.70. The molecule has 0 aromatic rings. The first-order chi connectivity index (χ1) is 13.1. The van der Waals surface area contributed by atoms with Gasteiger partial charge in [-0.2, -0.15) is 0 Å². The maximum Gasteiger partial charge on any atom is 0.238 e. The van der Waals surface area contributed by atoms with E-state index in [2.05, 4.69) is 10.6 Å². The summed E-state index contributed by atoms with van der Waals surface area (Å²) >= 11 is 1.22. The Labute approximate surface area is 168 Å². The summed E-state index contributed by atoms with van der Waals surface area (Å²) in [6, 6.07) is -1.07. The maximum atomic E-state index is 12.7. The van der Waals surface area contributed by atoms with E-state index < -0.39 is 48.4 Å². The zero-order chi connectivity index (χ0) is 21.0. The molecule has 164 valence electrons. The molecular weight excluding hydrogens is 394 g/mol. The van der Waals surface area contributed by atoms with Gasteiger partial charge in [-0.25, -0.2) is 8.78 Å². The van der Waals surface area contributed by atoms with Gasteiger partial charge in [0.25, 0.3) is 0 Å². The highest BCUT2D eigenvalue weighted by atomic mass is 32.2. The van der Waals surface area contributed by atoms with Gasteiger partial charge in [-0.15, -0.1) is 11.8 Å². The van der Waals surface area contributed by atoms with Crippen LogP contribution in [0.4, 0.5) is 8.78 Å². The monoisotopic (exact) mass is 426 g/mol. The largest absolute Gasteiger partial charge is 0.388 e. The lowest BCUT2D eigenvalue weighted by molar-refractivity contribution is -0.208. The van der Waals surface area contributed by atoms with E-state index in [0.29, 0.717) is 19.4 Å². The number of aliphatic hydroxyl groups is 3. The number of thioether (sulfide) groups is 1. The third-order valence-corrected chi connectivity index (χ3v) is 6.41. The molecular formula is C18H32F2N2O5S. The van der Waals surface area contributed by atoms with Gasteiger partial charge >= 0.3 is 0 Å². The molecule has 0 bridgehead atoms. The number of carbonyl (C=O) groups is 1. The lowest BCUT2D eigenvalue weighted by Gasteiger charge is -2.44. The first-order valence-corrected chi connectivity index (χ1v) is 11.0. The number of hydrogen-bond acceptors (Lipinski definition) is 7. The van der Waals surface area contributed by atoms with E-state index in [1.54, 1.807) is 6.26 Å². The molecule has 5 N–H and O–H groups in total. The van der Waals surface area contributed by atoms with Crippen molar-refractivity contribution in [1.82, 2.24) is 10.6 Å². The molecule has 0 radical (unpaired) electrons. The van der Waals surface area contributed by atoms with E-state index in [9.17, 15) is 28.9 Å². The highest BCUT2D eigenvalue weighted by molar-refractivity contribution is 7.99. The quantitative estimate of drug-likeness (QED) is 0.380. The Morgan fingerprint density at radius 1 is 1.25 bits per heavy atom. The van der Waals surface area contributed by atoms with E-state index >= 15 is 0 Å². The van der Waals surface area contributed by atoms with Crippen molar-refractivity contribution in [3.8, 4) is 0 Å². The number of halogens is 2. The van der Waals surface area contributed by atoms with Gasteiger partial charge in [0.15, 0.2) is 0 Å². The minimum Gasteiger partial charge on any atom is -0.388 e. The fourth-order valence-corrected chi connectivity index (χ4v) is 4.53.